The lowest BCUT2D eigenvalue weighted by molar-refractivity contribution is 0.286. The van der Waals surface area contributed by atoms with Crippen LogP contribution in [0.5, 0.6) is 0 Å². The molecular weight excluding hydrogens is 250 g/mol. The zero-order valence-electron chi connectivity index (χ0n) is 12.4. The van der Waals surface area contributed by atoms with E-state index in [2.05, 4.69) is 57.3 Å². The van der Waals surface area contributed by atoms with Crippen LogP contribution in [-0.4, -0.2) is 0 Å². The second-order valence-corrected chi connectivity index (χ2v) is 7.81. The van der Waals surface area contributed by atoms with Crippen LogP contribution in [0.2, 0.25) is 0 Å². The third-order valence-corrected chi connectivity index (χ3v) is 4.51. The highest BCUT2D eigenvalue weighted by atomic mass is 32.1. The van der Waals surface area contributed by atoms with E-state index in [1.165, 1.54) is 22.1 Å². The normalized spacial score (nSPS) is 15.6. The molecule has 104 valence electrons. The Labute approximate surface area is 120 Å². The Kier molecular flexibility index (Phi) is 4.32. The maximum Gasteiger partial charge on any atom is 0.0390 e. The van der Waals surface area contributed by atoms with E-state index in [-0.39, 0.29) is 6.04 Å². The summed E-state index contributed by atoms with van der Waals surface area (Å²) in [7, 11) is 0. The maximum absolute atomic E-state index is 6.45. The standard InChI is InChI=1S/C17H25NS/c1-12(11-17(2,3)4)10-15(18)14-7-5-6-13-8-9-19-16(13)14/h5-9,12,15H,10-11,18H2,1-4H3. The van der Waals surface area contributed by atoms with Crippen LogP contribution in [0.1, 0.15) is 52.1 Å². The van der Waals surface area contributed by atoms with Gasteiger partial charge < -0.3 is 5.73 Å². The minimum Gasteiger partial charge on any atom is -0.324 e. The molecule has 0 radical (unpaired) electrons. The van der Waals surface area contributed by atoms with Crippen molar-refractivity contribution in [3.63, 3.8) is 0 Å². The Bertz CT molecular complexity index is 535. The fraction of sp³-hybridized carbons (Fsp3) is 0.529. The van der Waals surface area contributed by atoms with Gasteiger partial charge in [0, 0.05) is 10.7 Å². The van der Waals surface area contributed by atoms with Crippen LogP contribution >= 0.6 is 11.3 Å². The quantitative estimate of drug-likeness (QED) is 0.798. The molecule has 2 unspecified atom stereocenters. The van der Waals surface area contributed by atoms with Crippen molar-refractivity contribution in [3.05, 3.63) is 35.2 Å². The Morgan fingerprint density at radius 1 is 1.21 bits per heavy atom. The summed E-state index contributed by atoms with van der Waals surface area (Å²) in [6.45, 7) is 9.22. The Balaban J connectivity index is 2.11. The van der Waals surface area contributed by atoms with Gasteiger partial charge in [0.2, 0.25) is 0 Å². The summed E-state index contributed by atoms with van der Waals surface area (Å²) in [5, 5.41) is 3.47. The van der Waals surface area contributed by atoms with Crippen molar-refractivity contribution in [3.8, 4) is 0 Å². The van der Waals surface area contributed by atoms with Crippen molar-refractivity contribution in [1.82, 2.24) is 0 Å². The van der Waals surface area contributed by atoms with Gasteiger partial charge in [-0.1, -0.05) is 45.9 Å². The highest BCUT2D eigenvalue weighted by Gasteiger charge is 2.19. The molecule has 0 saturated heterocycles. The molecule has 2 aromatic rings. The van der Waals surface area contributed by atoms with Gasteiger partial charge in [-0.2, -0.15) is 0 Å². The van der Waals surface area contributed by atoms with Gasteiger partial charge in [-0.05, 0) is 46.6 Å². The van der Waals surface area contributed by atoms with Crippen LogP contribution in [0.15, 0.2) is 29.6 Å². The summed E-state index contributed by atoms with van der Waals surface area (Å²) in [6, 6.07) is 8.81. The van der Waals surface area contributed by atoms with Crippen molar-refractivity contribution in [1.29, 1.82) is 0 Å². The van der Waals surface area contributed by atoms with Gasteiger partial charge >= 0.3 is 0 Å². The number of benzene rings is 1. The van der Waals surface area contributed by atoms with Gasteiger partial charge in [-0.25, -0.2) is 0 Å². The largest absolute Gasteiger partial charge is 0.324 e. The number of rotatable bonds is 4. The number of hydrogen-bond donors (Lipinski definition) is 1. The number of thiophene rings is 1. The fourth-order valence-corrected chi connectivity index (χ4v) is 3.98. The molecule has 0 aliphatic carbocycles. The molecule has 0 bridgehead atoms. The average molecular weight is 275 g/mol. The zero-order chi connectivity index (χ0) is 14.0. The lowest BCUT2D eigenvalue weighted by atomic mass is 9.82. The van der Waals surface area contributed by atoms with E-state index in [0.717, 1.165) is 6.42 Å². The molecule has 1 aromatic carbocycles. The van der Waals surface area contributed by atoms with E-state index in [9.17, 15) is 0 Å². The summed E-state index contributed by atoms with van der Waals surface area (Å²) in [4.78, 5) is 0. The average Bonchev–Trinajstić information content (AvgIpc) is 2.73. The Morgan fingerprint density at radius 3 is 2.63 bits per heavy atom. The van der Waals surface area contributed by atoms with Crippen LogP contribution in [0, 0.1) is 11.3 Å². The van der Waals surface area contributed by atoms with Crippen molar-refractivity contribution < 1.29 is 0 Å². The number of nitrogens with two attached hydrogens (primary N) is 1. The minimum absolute atomic E-state index is 0.152. The van der Waals surface area contributed by atoms with Crippen molar-refractivity contribution in [2.75, 3.05) is 0 Å². The molecule has 2 atom stereocenters. The summed E-state index contributed by atoms with van der Waals surface area (Å²) >= 11 is 1.80. The van der Waals surface area contributed by atoms with Crippen molar-refractivity contribution >= 4 is 21.4 Å². The molecule has 0 fully saturated rings. The van der Waals surface area contributed by atoms with E-state index in [1.807, 2.05) is 0 Å². The highest BCUT2D eigenvalue weighted by Crippen LogP contribution is 2.33. The van der Waals surface area contributed by atoms with E-state index < -0.39 is 0 Å². The van der Waals surface area contributed by atoms with Crippen molar-refractivity contribution in [2.45, 2.75) is 46.6 Å². The molecular formula is C17H25NS. The van der Waals surface area contributed by atoms with Gasteiger partial charge in [-0.15, -0.1) is 11.3 Å². The fourth-order valence-electron chi connectivity index (χ4n) is 3.00. The van der Waals surface area contributed by atoms with E-state index in [4.69, 9.17) is 5.73 Å². The lowest BCUT2D eigenvalue weighted by Crippen LogP contribution is -2.18. The van der Waals surface area contributed by atoms with E-state index >= 15 is 0 Å². The molecule has 19 heavy (non-hydrogen) atoms. The van der Waals surface area contributed by atoms with Crippen LogP contribution < -0.4 is 5.73 Å². The molecule has 2 N–H and O–H groups in total. The first kappa shape index (κ1) is 14.5. The first-order valence-electron chi connectivity index (χ1n) is 7.08. The first-order valence-corrected chi connectivity index (χ1v) is 7.96. The Morgan fingerprint density at radius 2 is 1.95 bits per heavy atom. The van der Waals surface area contributed by atoms with Crippen LogP contribution in [0.4, 0.5) is 0 Å². The second-order valence-electron chi connectivity index (χ2n) is 6.90. The Hall–Kier alpha value is -0.860. The molecule has 0 amide bonds. The SMILES string of the molecule is CC(CC(N)c1cccc2ccsc12)CC(C)(C)C. The topological polar surface area (TPSA) is 26.0 Å². The van der Waals surface area contributed by atoms with Crippen LogP contribution in [0.3, 0.4) is 0 Å². The first-order chi connectivity index (χ1) is 8.87. The van der Waals surface area contributed by atoms with E-state index in [0.29, 0.717) is 11.3 Å². The van der Waals surface area contributed by atoms with Gasteiger partial charge in [0.05, 0.1) is 0 Å². The lowest BCUT2D eigenvalue weighted by Gasteiger charge is -2.25. The summed E-state index contributed by atoms with van der Waals surface area (Å²) < 4.78 is 1.36. The predicted octanol–water partition coefficient (Wildman–Crippen LogP) is 5.36. The molecule has 0 aliphatic heterocycles. The molecule has 1 nitrogen and oxygen atoms in total. The van der Waals surface area contributed by atoms with E-state index in [1.54, 1.807) is 11.3 Å². The third-order valence-electron chi connectivity index (χ3n) is 3.53. The monoisotopic (exact) mass is 275 g/mol. The molecule has 0 spiro atoms. The molecule has 0 aliphatic rings. The molecule has 2 heteroatoms. The predicted molar refractivity (Wildman–Crippen MR) is 86.6 cm³/mol. The zero-order valence-corrected chi connectivity index (χ0v) is 13.3. The second kappa shape index (κ2) is 5.64. The number of hydrogen-bond acceptors (Lipinski definition) is 2. The third kappa shape index (κ3) is 3.80. The molecule has 0 saturated carbocycles. The minimum atomic E-state index is 0.152. The molecule has 1 aromatic heterocycles. The van der Waals surface area contributed by atoms with Gasteiger partial charge in [0.15, 0.2) is 0 Å². The van der Waals surface area contributed by atoms with Crippen LogP contribution in [-0.2, 0) is 0 Å². The summed E-state index contributed by atoms with van der Waals surface area (Å²) in [5.41, 5.74) is 8.14. The maximum atomic E-state index is 6.45. The smallest absolute Gasteiger partial charge is 0.0390 e. The van der Waals surface area contributed by atoms with Crippen LogP contribution in [0.25, 0.3) is 10.1 Å². The summed E-state index contributed by atoms with van der Waals surface area (Å²) in [5.74, 6) is 0.658. The highest BCUT2D eigenvalue weighted by molar-refractivity contribution is 7.17. The summed E-state index contributed by atoms with van der Waals surface area (Å²) in [6.07, 6.45) is 2.29. The van der Waals surface area contributed by atoms with Crippen molar-refractivity contribution in [2.24, 2.45) is 17.1 Å². The molecule has 1 heterocycles. The van der Waals surface area contributed by atoms with Gasteiger partial charge in [0.1, 0.15) is 0 Å². The van der Waals surface area contributed by atoms with Gasteiger partial charge in [-0.3, -0.25) is 0 Å². The number of fused-ring (bicyclic) bond motifs is 1. The molecule has 2 rings (SSSR count). The van der Waals surface area contributed by atoms with Gasteiger partial charge in [0.25, 0.3) is 0 Å².